The first kappa shape index (κ1) is 19.8. The molecule has 2 N–H and O–H groups in total. The van der Waals surface area contributed by atoms with E-state index in [1.807, 2.05) is 0 Å². The summed E-state index contributed by atoms with van der Waals surface area (Å²) in [7, 11) is -1.04. The molecule has 0 aliphatic carbocycles. The van der Waals surface area contributed by atoms with Gasteiger partial charge < -0.3 is 10.2 Å². The molecule has 6 heteroatoms. The van der Waals surface area contributed by atoms with Crippen LogP contribution < -0.4 is 14.9 Å². The highest BCUT2D eigenvalue weighted by atomic mass is 32.2. The molecule has 0 saturated heterocycles. The maximum Gasteiger partial charge on any atom is 0.213 e. The lowest BCUT2D eigenvalue weighted by atomic mass is 10.2. The Bertz CT molecular complexity index is 541. The Morgan fingerprint density at radius 2 is 1.65 bits per heavy atom. The van der Waals surface area contributed by atoms with Crippen molar-refractivity contribution in [1.29, 1.82) is 0 Å². The number of hydrogen-bond acceptors (Lipinski definition) is 4. The van der Waals surface area contributed by atoms with Crippen molar-refractivity contribution in [3.05, 3.63) is 24.3 Å². The largest absolute Gasteiger partial charge is 0.385 e. The van der Waals surface area contributed by atoms with E-state index in [4.69, 9.17) is 0 Å². The first-order valence-corrected chi connectivity index (χ1v) is 9.95. The van der Waals surface area contributed by atoms with Crippen molar-refractivity contribution in [3.63, 3.8) is 0 Å². The van der Waals surface area contributed by atoms with Crippen molar-refractivity contribution >= 4 is 21.4 Å². The van der Waals surface area contributed by atoms with Crippen LogP contribution in [0.2, 0.25) is 0 Å². The Morgan fingerprint density at radius 3 is 2.22 bits per heavy atom. The molecule has 23 heavy (non-hydrogen) atoms. The molecule has 0 amide bonds. The molecular formula is C17H31N3O2S. The van der Waals surface area contributed by atoms with Gasteiger partial charge in [-0.25, -0.2) is 13.1 Å². The summed E-state index contributed by atoms with van der Waals surface area (Å²) in [6.07, 6.45) is 2.90. The Balaban J connectivity index is 2.16. The topological polar surface area (TPSA) is 61.4 Å². The van der Waals surface area contributed by atoms with Gasteiger partial charge >= 0.3 is 0 Å². The molecule has 0 aromatic heterocycles. The van der Waals surface area contributed by atoms with Crippen molar-refractivity contribution < 1.29 is 8.42 Å². The van der Waals surface area contributed by atoms with E-state index in [2.05, 4.69) is 53.2 Å². The lowest BCUT2D eigenvalue weighted by molar-refractivity contribution is 0.566. The highest BCUT2D eigenvalue weighted by Crippen LogP contribution is 2.16. The third-order valence-corrected chi connectivity index (χ3v) is 5.74. The summed E-state index contributed by atoms with van der Waals surface area (Å²) in [5, 5.41) is 3.03. The maximum absolute atomic E-state index is 11.6. The molecule has 0 atom stereocenters. The minimum absolute atomic E-state index is 0.362. The van der Waals surface area contributed by atoms with Crippen LogP contribution in [0.5, 0.6) is 0 Å². The van der Waals surface area contributed by atoms with Crippen LogP contribution in [0.15, 0.2) is 24.3 Å². The van der Waals surface area contributed by atoms with Crippen LogP contribution >= 0.6 is 0 Å². The van der Waals surface area contributed by atoms with Gasteiger partial charge in [0.2, 0.25) is 10.0 Å². The number of benzene rings is 1. The SMILES string of the molecule is CCN(C)c1ccc(NCCCCCNS(=O)(=O)C(C)C)cc1. The fourth-order valence-electron chi connectivity index (χ4n) is 2.06. The zero-order chi connectivity index (χ0) is 17.3. The number of anilines is 2. The molecule has 5 nitrogen and oxygen atoms in total. The Hall–Kier alpha value is -1.27. The monoisotopic (exact) mass is 341 g/mol. The van der Waals surface area contributed by atoms with E-state index in [0.717, 1.165) is 38.0 Å². The van der Waals surface area contributed by atoms with Gasteiger partial charge in [0, 0.05) is 38.1 Å². The third-order valence-electron chi connectivity index (χ3n) is 3.89. The normalized spacial score (nSPS) is 11.7. The van der Waals surface area contributed by atoms with Crippen molar-refractivity contribution in [3.8, 4) is 0 Å². The molecule has 0 aliphatic heterocycles. The van der Waals surface area contributed by atoms with Gasteiger partial charge in [-0.15, -0.1) is 0 Å². The van der Waals surface area contributed by atoms with Gasteiger partial charge in [-0.3, -0.25) is 0 Å². The standard InChI is InChI=1S/C17H31N3O2S/c1-5-20(4)17-11-9-16(10-12-17)18-13-7-6-8-14-19-23(21,22)15(2)3/h9-12,15,18-19H,5-8,13-14H2,1-4H3. The lowest BCUT2D eigenvalue weighted by Gasteiger charge is -2.17. The summed E-state index contributed by atoms with van der Waals surface area (Å²) in [4.78, 5) is 2.20. The number of sulfonamides is 1. The summed E-state index contributed by atoms with van der Waals surface area (Å²) in [6, 6.07) is 8.43. The van der Waals surface area contributed by atoms with Gasteiger partial charge in [0.1, 0.15) is 0 Å². The highest BCUT2D eigenvalue weighted by Gasteiger charge is 2.13. The number of rotatable bonds is 11. The van der Waals surface area contributed by atoms with Gasteiger partial charge in [-0.1, -0.05) is 6.42 Å². The van der Waals surface area contributed by atoms with E-state index < -0.39 is 10.0 Å². The number of hydrogen-bond donors (Lipinski definition) is 2. The smallest absolute Gasteiger partial charge is 0.213 e. The van der Waals surface area contributed by atoms with E-state index >= 15 is 0 Å². The van der Waals surface area contributed by atoms with Crippen LogP contribution in [0, 0.1) is 0 Å². The van der Waals surface area contributed by atoms with Crippen LogP contribution in [0.4, 0.5) is 11.4 Å². The second-order valence-electron chi connectivity index (χ2n) is 6.04. The summed E-state index contributed by atoms with van der Waals surface area (Å²) >= 11 is 0. The second-order valence-corrected chi connectivity index (χ2v) is 8.36. The molecule has 1 rings (SSSR count). The van der Waals surface area contributed by atoms with E-state index in [-0.39, 0.29) is 5.25 Å². The zero-order valence-electron chi connectivity index (χ0n) is 14.8. The summed E-state index contributed by atoms with van der Waals surface area (Å²) in [6.45, 7) is 7.94. The Kier molecular flexibility index (Phi) is 8.41. The quantitative estimate of drug-likeness (QED) is 0.607. The summed E-state index contributed by atoms with van der Waals surface area (Å²) in [5.74, 6) is 0. The number of unbranched alkanes of at least 4 members (excludes halogenated alkanes) is 2. The second kappa shape index (κ2) is 9.78. The van der Waals surface area contributed by atoms with E-state index in [1.165, 1.54) is 5.69 Å². The number of nitrogens with zero attached hydrogens (tertiary/aromatic N) is 1. The number of nitrogens with one attached hydrogen (secondary N) is 2. The zero-order valence-corrected chi connectivity index (χ0v) is 15.6. The molecule has 0 unspecified atom stereocenters. The van der Waals surface area contributed by atoms with Crippen LogP contribution in [0.25, 0.3) is 0 Å². The average Bonchev–Trinajstić information content (AvgIpc) is 2.53. The molecule has 0 spiro atoms. The van der Waals surface area contributed by atoms with Gasteiger partial charge in [0.25, 0.3) is 0 Å². The molecule has 0 saturated carbocycles. The highest BCUT2D eigenvalue weighted by molar-refractivity contribution is 7.90. The average molecular weight is 342 g/mol. The minimum atomic E-state index is -3.12. The maximum atomic E-state index is 11.6. The summed E-state index contributed by atoms with van der Waals surface area (Å²) in [5.41, 5.74) is 2.34. The molecule has 0 bridgehead atoms. The third kappa shape index (κ3) is 7.22. The minimum Gasteiger partial charge on any atom is -0.385 e. The van der Waals surface area contributed by atoms with Gasteiger partial charge in [-0.2, -0.15) is 0 Å². The molecule has 0 radical (unpaired) electrons. The van der Waals surface area contributed by atoms with Crippen LogP contribution in [0.1, 0.15) is 40.0 Å². The molecule has 132 valence electrons. The van der Waals surface area contributed by atoms with Gasteiger partial charge in [-0.05, 0) is 57.9 Å². The van der Waals surface area contributed by atoms with Crippen LogP contribution in [-0.2, 0) is 10.0 Å². The lowest BCUT2D eigenvalue weighted by Crippen LogP contribution is -2.31. The molecule has 1 aromatic carbocycles. The molecule has 0 fully saturated rings. The fraction of sp³-hybridized carbons (Fsp3) is 0.647. The molecule has 1 aromatic rings. The Labute approximate surface area is 141 Å². The van der Waals surface area contributed by atoms with Crippen molar-refractivity contribution in [2.24, 2.45) is 0 Å². The van der Waals surface area contributed by atoms with E-state index in [1.54, 1.807) is 13.8 Å². The molecular weight excluding hydrogens is 310 g/mol. The van der Waals surface area contributed by atoms with Crippen molar-refractivity contribution in [2.75, 3.05) is 36.9 Å². The molecule has 0 aliphatic rings. The van der Waals surface area contributed by atoms with E-state index in [9.17, 15) is 8.42 Å². The van der Waals surface area contributed by atoms with Gasteiger partial charge in [0.05, 0.1) is 5.25 Å². The predicted molar refractivity (Wildman–Crippen MR) is 99.8 cm³/mol. The van der Waals surface area contributed by atoms with Crippen molar-refractivity contribution in [1.82, 2.24) is 4.72 Å². The molecule has 0 heterocycles. The van der Waals surface area contributed by atoms with Crippen molar-refractivity contribution in [2.45, 2.75) is 45.3 Å². The van der Waals surface area contributed by atoms with E-state index in [0.29, 0.717) is 6.54 Å². The Morgan fingerprint density at radius 1 is 1.04 bits per heavy atom. The first-order valence-electron chi connectivity index (χ1n) is 8.40. The predicted octanol–water partition coefficient (Wildman–Crippen LogP) is 3.05. The first-order chi connectivity index (χ1) is 10.9. The summed E-state index contributed by atoms with van der Waals surface area (Å²) < 4.78 is 25.8. The van der Waals surface area contributed by atoms with Crippen LogP contribution in [0.3, 0.4) is 0 Å². The van der Waals surface area contributed by atoms with Crippen LogP contribution in [-0.4, -0.2) is 40.3 Å². The van der Waals surface area contributed by atoms with Gasteiger partial charge in [0.15, 0.2) is 0 Å². The fourth-order valence-corrected chi connectivity index (χ4v) is 2.82.